The predicted molar refractivity (Wildman–Crippen MR) is 93.4 cm³/mol. The minimum Gasteiger partial charge on any atom is -0.322 e. The van der Waals surface area contributed by atoms with Crippen LogP contribution in [0.5, 0.6) is 0 Å². The van der Waals surface area contributed by atoms with E-state index in [1.807, 2.05) is 36.4 Å². The van der Waals surface area contributed by atoms with Crippen LogP contribution in [0.4, 0.5) is 5.69 Å². The second-order valence-corrected chi connectivity index (χ2v) is 5.64. The molecule has 0 saturated heterocycles. The SMILES string of the molecule is O=C(Nc1cccc(-c2ccc3nncn3n2)c1)c1ccc(Cl)nc1. The molecular weight excluding hydrogens is 340 g/mol. The van der Waals surface area contributed by atoms with Crippen molar-refractivity contribution in [3.8, 4) is 11.3 Å². The first-order valence-electron chi connectivity index (χ1n) is 7.39. The molecule has 3 aromatic heterocycles. The van der Waals surface area contributed by atoms with Crippen LogP contribution >= 0.6 is 11.6 Å². The Kier molecular flexibility index (Phi) is 3.83. The highest BCUT2D eigenvalue weighted by molar-refractivity contribution is 6.29. The number of carbonyl (C=O) groups is 1. The molecule has 4 aromatic rings. The molecule has 0 radical (unpaired) electrons. The van der Waals surface area contributed by atoms with Gasteiger partial charge in [-0.15, -0.1) is 10.2 Å². The third-order valence-corrected chi connectivity index (χ3v) is 3.79. The van der Waals surface area contributed by atoms with E-state index in [4.69, 9.17) is 11.6 Å². The van der Waals surface area contributed by atoms with E-state index in [0.29, 0.717) is 22.1 Å². The molecule has 0 aliphatic rings. The van der Waals surface area contributed by atoms with Gasteiger partial charge in [-0.3, -0.25) is 4.79 Å². The standard InChI is InChI=1S/C17H11ClN6O/c18-15-6-4-12(9-19-15)17(25)21-13-3-1-2-11(8-13)14-5-7-16-22-20-10-24(16)23-14/h1-10H,(H,21,25). The summed E-state index contributed by atoms with van der Waals surface area (Å²) in [5.41, 5.74) is 3.37. The fraction of sp³-hybridized carbons (Fsp3) is 0. The van der Waals surface area contributed by atoms with Gasteiger partial charge in [0.05, 0.1) is 11.3 Å². The van der Waals surface area contributed by atoms with Crippen molar-refractivity contribution < 1.29 is 4.79 Å². The van der Waals surface area contributed by atoms with Gasteiger partial charge in [0, 0.05) is 17.4 Å². The van der Waals surface area contributed by atoms with Gasteiger partial charge in [0.25, 0.3) is 5.91 Å². The number of benzene rings is 1. The molecule has 3 heterocycles. The molecule has 7 nitrogen and oxygen atoms in total. The number of halogens is 1. The lowest BCUT2D eigenvalue weighted by Crippen LogP contribution is -2.12. The summed E-state index contributed by atoms with van der Waals surface area (Å²) in [5, 5.41) is 15.4. The first-order valence-corrected chi connectivity index (χ1v) is 7.77. The van der Waals surface area contributed by atoms with E-state index in [0.717, 1.165) is 11.3 Å². The van der Waals surface area contributed by atoms with E-state index in [1.165, 1.54) is 12.5 Å². The monoisotopic (exact) mass is 350 g/mol. The molecular formula is C17H11ClN6O. The summed E-state index contributed by atoms with van der Waals surface area (Å²) >= 11 is 5.74. The molecule has 0 saturated carbocycles. The van der Waals surface area contributed by atoms with Gasteiger partial charge in [-0.05, 0) is 36.4 Å². The Morgan fingerprint density at radius 1 is 1.12 bits per heavy atom. The minimum atomic E-state index is -0.261. The third-order valence-electron chi connectivity index (χ3n) is 3.57. The van der Waals surface area contributed by atoms with Crippen molar-refractivity contribution in [2.45, 2.75) is 0 Å². The Labute approximate surface area is 147 Å². The number of carbonyl (C=O) groups excluding carboxylic acids is 1. The van der Waals surface area contributed by atoms with Crippen molar-refractivity contribution in [1.29, 1.82) is 0 Å². The first kappa shape index (κ1) is 15.2. The molecule has 1 N–H and O–H groups in total. The summed E-state index contributed by atoms with van der Waals surface area (Å²) < 4.78 is 1.60. The van der Waals surface area contributed by atoms with Gasteiger partial charge in [-0.2, -0.15) is 9.61 Å². The van der Waals surface area contributed by atoms with E-state index >= 15 is 0 Å². The average molecular weight is 351 g/mol. The van der Waals surface area contributed by atoms with E-state index in [2.05, 4.69) is 25.6 Å². The van der Waals surface area contributed by atoms with Crippen molar-refractivity contribution in [2.24, 2.45) is 0 Å². The number of nitrogens with one attached hydrogen (secondary N) is 1. The quantitative estimate of drug-likeness (QED) is 0.574. The first-order chi connectivity index (χ1) is 12.2. The van der Waals surface area contributed by atoms with Gasteiger partial charge in [-0.25, -0.2) is 4.98 Å². The van der Waals surface area contributed by atoms with Crippen molar-refractivity contribution in [3.63, 3.8) is 0 Å². The Balaban J connectivity index is 1.60. The average Bonchev–Trinajstić information content (AvgIpc) is 3.10. The van der Waals surface area contributed by atoms with Crippen LogP contribution in [-0.4, -0.2) is 30.7 Å². The van der Waals surface area contributed by atoms with Crippen LogP contribution in [0.3, 0.4) is 0 Å². The predicted octanol–water partition coefficient (Wildman–Crippen LogP) is 3.09. The van der Waals surface area contributed by atoms with Gasteiger partial charge in [0.15, 0.2) is 5.65 Å². The lowest BCUT2D eigenvalue weighted by atomic mass is 10.1. The molecule has 0 bridgehead atoms. The molecule has 0 aliphatic heterocycles. The molecule has 0 aliphatic carbocycles. The van der Waals surface area contributed by atoms with Crippen LogP contribution in [0.1, 0.15) is 10.4 Å². The number of nitrogens with zero attached hydrogens (tertiary/aromatic N) is 5. The van der Waals surface area contributed by atoms with Crippen molar-refractivity contribution in [3.05, 3.63) is 71.8 Å². The number of aromatic nitrogens is 5. The van der Waals surface area contributed by atoms with Crippen LogP contribution < -0.4 is 5.32 Å². The van der Waals surface area contributed by atoms with E-state index in [1.54, 1.807) is 16.6 Å². The summed E-state index contributed by atoms with van der Waals surface area (Å²) in [6, 6.07) is 14.3. The molecule has 8 heteroatoms. The molecule has 1 aromatic carbocycles. The van der Waals surface area contributed by atoms with Gasteiger partial charge < -0.3 is 5.32 Å². The lowest BCUT2D eigenvalue weighted by molar-refractivity contribution is 0.102. The Bertz CT molecular complexity index is 1060. The zero-order valence-electron chi connectivity index (χ0n) is 12.8. The van der Waals surface area contributed by atoms with Crippen LogP contribution in [0, 0.1) is 0 Å². The summed E-state index contributed by atoms with van der Waals surface area (Å²) in [7, 11) is 0. The second-order valence-electron chi connectivity index (χ2n) is 5.26. The normalized spacial score (nSPS) is 10.8. The van der Waals surface area contributed by atoms with Crippen LogP contribution in [0.2, 0.25) is 5.15 Å². The highest BCUT2D eigenvalue weighted by atomic mass is 35.5. The van der Waals surface area contributed by atoms with Gasteiger partial charge in [0.2, 0.25) is 0 Å². The fourth-order valence-corrected chi connectivity index (χ4v) is 2.46. The van der Waals surface area contributed by atoms with Crippen molar-refractivity contribution in [1.82, 2.24) is 24.8 Å². The number of anilines is 1. The van der Waals surface area contributed by atoms with Crippen LogP contribution in [0.25, 0.3) is 16.9 Å². The number of fused-ring (bicyclic) bond motifs is 1. The van der Waals surface area contributed by atoms with Crippen molar-refractivity contribution in [2.75, 3.05) is 5.32 Å². The van der Waals surface area contributed by atoms with Gasteiger partial charge in [-0.1, -0.05) is 23.7 Å². The highest BCUT2D eigenvalue weighted by Crippen LogP contribution is 2.21. The molecule has 25 heavy (non-hydrogen) atoms. The molecule has 4 rings (SSSR count). The Hall–Kier alpha value is -3.32. The minimum absolute atomic E-state index is 0.261. The number of pyridine rings is 1. The smallest absolute Gasteiger partial charge is 0.257 e. The van der Waals surface area contributed by atoms with Crippen molar-refractivity contribution >= 4 is 28.8 Å². The summed E-state index contributed by atoms with van der Waals surface area (Å²) in [4.78, 5) is 16.2. The van der Waals surface area contributed by atoms with Crippen LogP contribution in [0.15, 0.2) is 61.1 Å². The number of hydrogen-bond acceptors (Lipinski definition) is 5. The summed E-state index contributed by atoms with van der Waals surface area (Å²) in [6.07, 6.45) is 2.97. The van der Waals surface area contributed by atoms with Gasteiger partial charge >= 0.3 is 0 Å². The largest absolute Gasteiger partial charge is 0.322 e. The zero-order valence-corrected chi connectivity index (χ0v) is 13.6. The van der Waals surface area contributed by atoms with E-state index < -0.39 is 0 Å². The molecule has 0 atom stereocenters. The zero-order chi connectivity index (χ0) is 17.2. The molecule has 1 amide bonds. The molecule has 0 spiro atoms. The number of rotatable bonds is 3. The maximum atomic E-state index is 12.3. The highest BCUT2D eigenvalue weighted by Gasteiger charge is 2.08. The maximum Gasteiger partial charge on any atom is 0.257 e. The summed E-state index contributed by atoms with van der Waals surface area (Å²) in [6.45, 7) is 0. The van der Waals surface area contributed by atoms with E-state index in [9.17, 15) is 4.79 Å². The van der Waals surface area contributed by atoms with Gasteiger partial charge in [0.1, 0.15) is 11.5 Å². The Morgan fingerprint density at radius 3 is 2.88 bits per heavy atom. The maximum absolute atomic E-state index is 12.3. The lowest BCUT2D eigenvalue weighted by Gasteiger charge is -2.07. The number of hydrogen-bond donors (Lipinski definition) is 1. The fourth-order valence-electron chi connectivity index (χ4n) is 2.35. The molecule has 0 fully saturated rings. The second kappa shape index (κ2) is 6.29. The summed E-state index contributed by atoms with van der Waals surface area (Å²) in [5.74, 6) is -0.261. The van der Waals surface area contributed by atoms with Crippen LogP contribution in [-0.2, 0) is 0 Å². The molecule has 0 unspecified atom stereocenters. The third kappa shape index (κ3) is 3.17. The van der Waals surface area contributed by atoms with E-state index in [-0.39, 0.29) is 5.91 Å². The Morgan fingerprint density at radius 2 is 2.04 bits per heavy atom. The number of amides is 1. The molecule has 122 valence electrons. The topological polar surface area (TPSA) is 85.1 Å².